The van der Waals surface area contributed by atoms with Crippen molar-refractivity contribution in [1.29, 1.82) is 0 Å². The van der Waals surface area contributed by atoms with Crippen LogP contribution in [0, 0.1) is 0 Å². The van der Waals surface area contributed by atoms with E-state index in [4.69, 9.17) is 9.47 Å². The van der Waals surface area contributed by atoms with Gasteiger partial charge in [-0.05, 0) is 43.7 Å². The van der Waals surface area contributed by atoms with Gasteiger partial charge in [-0.3, -0.25) is 4.79 Å². The second-order valence-electron chi connectivity index (χ2n) is 8.14. The first-order chi connectivity index (χ1) is 16.3. The number of amides is 1. The second-order valence-corrected chi connectivity index (χ2v) is 10.6. The summed E-state index contributed by atoms with van der Waals surface area (Å²) in [6, 6.07) is 12.0. The molecule has 2 N–H and O–H groups in total. The van der Waals surface area contributed by atoms with E-state index >= 15 is 0 Å². The third-order valence-electron chi connectivity index (χ3n) is 5.61. The summed E-state index contributed by atoms with van der Waals surface area (Å²) in [4.78, 5) is 25.1. The summed E-state index contributed by atoms with van der Waals surface area (Å²) in [7, 11) is -3.36. The van der Waals surface area contributed by atoms with Crippen molar-refractivity contribution in [2.45, 2.75) is 30.5 Å². The SMILES string of the molecule is CC(C)S(=O)(=O)c1ccc(-c2cnc3[nH]cc(C(=O)NCc4ccc5c(c4)OCO5)c3n2)cc1. The van der Waals surface area contributed by atoms with Gasteiger partial charge in [0.05, 0.1) is 27.6 Å². The number of sulfone groups is 1. The van der Waals surface area contributed by atoms with Gasteiger partial charge in [-0.1, -0.05) is 18.2 Å². The highest BCUT2D eigenvalue weighted by Gasteiger charge is 2.20. The lowest BCUT2D eigenvalue weighted by atomic mass is 10.1. The summed E-state index contributed by atoms with van der Waals surface area (Å²) < 4.78 is 35.4. The molecule has 4 aromatic rings. The molecule has 34 heavy (non-hydrogen) atoms. The number of hydrogen-bond donors (Lipinski definition) is 2. The Morgan fingerprint density at radius 2 is 1.88 bits per heavy atom. The molecule has 0 fully saturated rings. The highest BCUT2D eigenvalue weighted by Crippen LogP contribution is 2.32. The van der Waals surface area contributed by atoms with E-state index in [2.05, 4.69) is 20.3 Å². The van der Waals surface area contributed by atoms with Crippen LogP contribution in [0.5, 0.6) is 11.5 Å². The third-order valence-corrected chi connectivity index (χ3v) is 7.79. The fourth-order valence-electron chi connectivity index (χ4n) is 3.62. The van der Waals surface area contributed by atoms with Crippen LogP contribution < -0.4 is 14.8 Å². The summed E-state index contributed by atoms with van der Waals surface area (Å²) in [6.07, 6.45) is 3.15. The summed E-state index contributed by atoms with van der Waals surface area (Å²) in [6.45, 7) is 3.79. The van der Waals surface area contributed by atoms with Gasteiger partial charge in [0.2, 0.25) is 6.79 Å². The van der Waals surface area contributed by atoms with Crippen LogP contribution in [0.15, 0.2) is 59.8 Å². The fraction of sp³-hybridized carbons (Fsp3) is 0.208. The maximum absolute atomic E-state index is 12.9. The number of fused-ring (bicyclic) bond motifs is 2. The van der Waals surface area contributed by atoms with Crippen LogP contribution in [-0.4, -0.2) is 41.3 Å². The monoisotopic (exact) mass is 478 g/mol. The number of rotatable bonds is 6. The number of hydrogen-bond acceptors (Lipinski definition) is 7. The molecule has 0 bridgehead atoms. The Labute approximate surface area is 196 Å². The number of nitrogens with one attached hydrogen (secondary N) is 2. The number of ether oxygens (including phenoxy) is 2. The highest BCUT2D eigenvalue weighted by molar-refractivity contribution is 7.92. The first kappa shape index (κ1) is 21.9. The standard InChI is InChI=1S/C24H22N4O5S/c1-14(2)34(30,31)17-6-4-16(5-7-17)19-12-26-23-22(28-19)18(11-25-23)24(29)27-10-15-3-8-20-21(9-15)33-13-32-20/h3-9,11-12,14H,10,13H2,1-2H3,(H,25,26)(H,27,29). The lowest BCUT2D eigenvalue weighted by Gasteiger charge is -2.08. The van der Waals surface area contributed by atoms with Crippen molar-refractivity contribution >= 4 is 26.9 Å². The molecule has 2 aromatic heterocycles. The number of carbonyl (C=O) groups is 1. The Hall–Kier alpha value is -3.92. The number of H-pyrrole nitrogens is 1. The minimum Gasteiger partial charge on any atom is -0.454 e. The van der Waals surface area contributed by atoms with Gasteiger partial charge in [-0.15, -0.1) is 0 Å². The van der Waals surface area contributed by atoms with Gasteiger partial charge < -0.3 is 19.8 Å². The van der Waals surface area contributed by atoms with Crippen molar-refractivity contribution in [2.75, 3.05) is 6.79 Å². The normalized spacial score (nSPS) is 12.9. The third kappa shape index (κ3) is 3.96. The zero-order valence-corrected chi connectivity index (χ0v) is 19.3. The molecular weight excluding hydrogens is 456 g/mol. The van der Waals surface area contributed by atoms with E-state index in [9.17, 15) is 13.2 Å². The smallest absolute Gasteiger partial charge is 0.255 e. The quantitative estimate of drug-likeness (QED) is 0.435. The van der Waals surface area contributed by atoms with E-state index in [0.29, 0.717) is 46.0 Å². The molecule has 0 aliphatic carbocycles. The molecule has 5 rings (SSSR count). The van der Waals surface area contributed by atoms with Crippen LogP contribution in [0.25, 0.3) is 22.4 Å². The lowest BCUT2D eigenvalue weighted by molar-refractivity contribution is 0.0952. The van der Waals surface area contributed by atoms with E-state index in [1.165, 1.54) is 0 Å². The van der Waals surface area contributed by atoms with Crippen LogP contribution in [0.3, 0.4) is 0 Å². The summed E-state index contributed by atoms with van der Waals surface area (Å²) in [5.41, 5.74) is 3.38. The summed E-state index contributed by atoms with van der Waals surface area (Å²) in [5.74, 6) is 1.04. The van der Waals surface area contributed by atoms with E-state index in [-0.39, 0.29) is 17.6 Å². The molecule has 0 spiro atoms. The van der Waals surface area contributed by atoms with E-state index in [1.54, 1.807) is 50.5 Å². The lowest BCUT2D eigenvalue weighted by Crippen LogP contribution is -2.22. The Morgan fingerprint density at radius 1 is 1.12 bits per heavy atom. The maximum atomic E-state index is 12.9. The van der Waals surface area contributed by atoms with Gasteiger partial charge in [-0.25, -0.2) is 18.4 Å². The molecule has 10 heteroatoms. The van der Waals surface area contributed by atoms with Crippen LogP contribution >= 0.6 is 0 Å². The van der Waals surface area contributed by atoms with Crippen molar-refractivity contribution in [1.82, 2.24) is 20.3 Å². The van der Waals surface area contributed by atoms with Crippen LogP contribution in [0.4, 0.5) is 0 Å². The Morgan fingerprint density at radius 3 is 2.65 bits per heavy atom. The van der Waals surface area contributed by atoms with Crippen molar-refractivity contribution in [3.8, 4) is 22.8 Å². The molecule has 3 heterocycles. The molecule has 0 saturated carbocycles. The summed E-state index contributed by atoms with van der Waals surface area (Å²) in [5, 5.41) is 2.38. The maximum Gasteiger partial charge on any atom is 0.255 e. The Balaban J connectivity index is 1.37. The number of nitrogens with zero attached hydrogens (tertiary/aromatic N) is 2. The minimum atomic E-state index is -3.36. The van der Waals surface area contributed by atoms with Crippen molar-refractivity contribution in [2.24, 2.45) is 0 Å². The van der Waals surface area contributed by atoms with Crippen molar-refractivity contribution < 1.29 is 22.7 Å². The van der Waals surface area contributed by atoms with Crippen molar-refractivity contribution in [3.63, 3.8) is 0 Å². The predicted molar refractivity (Wildman–Crippen MR) is 125 cm³/mol. The van der Waals surface area contributed by atoms with Crippen molar-refractivity contribution in [3.05, 3.63) is 66.0 Å². The van der Waals surface area contributed by atoms with E-state index in [1.807, 2.05) is 18.2 Å². The molecule has 0 unspecified atom stereocenters. The highest BCUT2D eigenvalue weighted by atomic mass is 32.2. The first-order valence-electron chi connectivity index (χ1n) is 10.7. The van der Waals surface area contributed by atoms with Gasteiger partial charge in [0.25, 0.3) is 5.91 Å². The topological polar surface area (TPSA) is 123 Å². The molecule has 0 saturated heterocycles. The molecule has 174 valence electrons. The van der Waals surface area contributed by atoms with Gasteiger partial charge in [0.1, 0.15) is 5.52 Å². The zero-order chi connectivity index (χ0) is 23.9. The zero-order valence-electron chi connectivity index (χ0n) is 18.5. The average Bonchev–Trinajstić information content (AvgIpc) is 3.48. The van der Waals surface area contributed by atoms with Gasteiger partial charge >= 0.3 is 0 Å². The van der Waals surface area contributed by atoms with Crippen LogP contribution in [0.1, 0.15) is 29.8 Å². The number of aromatic nitrogens is 3. The minimum absolute atomic E-state index is 0.192. The molecule has 1 amide bonds. The second kappa shape index (κ2) is 8.45. The number of carbonyl (C=O) groups excluding carboxylic acids is 1. The molecule has 9 nitrogen and oxygen atoms in total. The molecule has 0 atom stereocenters. The fourth-order valence-corrected chi connectivity index (χ4v) is 4.68. The molecule has 2 aromatic carbocycles. The van der Waals surface area contributed by atoms with Gasteiger partial charge in [0, 0.05) is 18.3 Å². The average molecular weight is 479 g/mol. The van der Waals surface area contributed by atoms with E-state index in [0.717, 1.165) is 5.56 Å². The number of aromatic amines is 1. The molecule has 1 aliphatic rings. The summed E-state index contributed by atoms with van der Waals surface area (Å²) >= 11 is 0. The van der Waals surface area contributed by atoms with Gasteiger partial charge in [0.15, 0.2) is 27.0 Å². The van der Waals surface area contributed by atoms with E-state index < -0.39 is 15.1 Å². The molecule has 0 radical (unpaired) electrons. The number of benzene rings is 2. The largest absolute Gasteiger partial charge is 0.454 e. The Bertz CT molecular complexity index is 1490. The molecular formula is C24H22N4O5S. The molecule has 1 aliphatic heterocycles. The first-order valence-corrected chi connectivity index (χ1v) is 12.2. The predicted octanol–water partition coefficient (Wildman–Crippen LogP) is 3.47. The van der Waals surface area contributed by atoms with Gasteiger partial charge in [-0.2, -0.15) is 0 Å². The van der Waals surface area contributed by atoms with Crippen LogP contribution in [0.2, 0.25) is 0 Å². The Kier molecular flexibility index (Phi) is 5.45. The van der Waals surface area contributed by atoms with Crippen LogP contribution in [-0.2, 0) is 16.4 Å².